The molecule has 3 aromatic rings. The lowest BCUT2D eigenvalue weighted by Gasteiger charge is -2.17. The predicted molar refractivity (Wildman–Crippen MR) is 108 cm³/mol. The van der Waals surface area contributed by atoms with Gasteiger partial charge in [0.2, 0.25) is 5.91 Å². The van der Waals surface area contributed by atoms with Crippen molar-refractivity contribution in [2.75, 3.05) is 26.6 Å². The zero-order chi connectivity index (χ0) is 20.3. The minimum Gasteiger partial charge on any atom is -0.496 e. The zero-order valence-electron chi connectivity index (χ0n) is 16.2. The van der Waals surface area contributed by atoms with Gasteiger partial charge in [-0.15, -0.1) is 0 Å². The Labute approximate surface area is 163 Å². The van der Waals surface area contributed by atoms with Gasteiger partial charge in [-0.25, -0.2) is 0 Å². The van der Waals surface area contributed by atoms with Crippen molar-refractivity contribution in [2.24, 2.45) is 0 Å². The van der Waals surface area contributed by atoms with Crippen LogP contribution in [0.4, 0.5) is 5.69 Å². The summed E-state index contributed by atoms with van der Waals surface area (Å²) >= 11 is 0. The molecule has 6 nitrogen and oxygen atoms in total. The number of para-hydroxylation sites is 1. The molecule has 28 heavy (non-hydrogen) atoms. The van der Waals surface area contributed by atoms with Crippen molar-refractivity contribution in [3.63, 3.8) is 0 Å². The van der Waals surface area contributed by atoms with E-state index in [0.29, 0.717) is 39.4 Å². The average molecular weight is 379 g/mol. The molecule has 0 aliphatic heterocycles. The van der Waals surface area contributed by atoms with Crippen LogP contribution >= 0.6 is 0 Å². The lowest BCUT2D eigenvalue weighted by atomic mass is 9.96. The summed E-state index contributed by atoms with van der Waals surface area (Å²) in [7, 11) is 4.60. The normalized spacial score (nSPS) is 10.4. The molecule has 0 aliphatic rings. The second-order valence-corrected chi connectivity index (χ2v) is 6.10. The highest BCUT2D eigenvalue weighted by Crippen LogP contribution is 2.42. The van der Waals surface area contributed by atoms with E-state index in [1.54, 1.807) is 50.6 Å². The SMILES string of the molecule is COc1cc(C(=O)c2ccccc2NC(C)=O)c(OC)c2c(OC)cccc12. The van der Waals surface area contributed by atoms with Gasteiger partial charge < -0.3 is 19.5 Å². The van der Waals surface area contributed by atoms with Crippen LogP contribution < -0.4 is 19.5 Å². The summed E-state index contributed by atoms with van der Waals surface area (Å²) < 4.78 is 16.6. The van der Waals surface area contributed by atoms with Crippen LogP contribution in [0.2, 0.25) is 0 Å². The topological polar surface area (TPSA) is 73.9 Å². The van der Waals surface area contributed by atoms with Crippen molar-refractivity contribution in [1.29, 1.82) is 0 Å². The maximum Gasteiger partial charge on any atom is 0.221 e. The molecule has 0 heterocycles. The molecule has 1 N–H and O–H groups in total. The predicted octanol–water partition coefficient (Wildman–Crippen LogP) is 4.06. The van der Waals surface area contributed by atoms with E-state index in [0.717, 1.165) is 5.39 Å². The van der Waals surface area contributed by atoms with E-state index in [9.17, 15) is 9.59 Å². The number of hydrogen-bond acceptors (Lipinski definition) is 5. The summed E-state index contributed by atoms with van der Waals surface area (Å²) in [5.41, 5.74) is 1.10. The van der Waals surface area contributed by atoms with Crippen LogP contribution in [0.3, 0.4) is 0 Å². The second-order valence-electron chi connectivity index (χ2n) is 6.10. The summed E-state index contributed by atoms with van der Waals surface area (Å²) in [6.07, 6.45) is 0. The average Bonchev–Trinajstić information content (AvgIpc) is 2.71. The fourth-order valence-electron chi connectivity index (χ4n) is 3.22. The van der Waals surface area contributed by atoms with Crippen molar-refractivity contribution in [3.05, 3.63) is 59.7 Å². The van der Waals surface area contributed by atoms with Crippen LogP contribution in [0.5, 0.6) is 17.2 Å². The molecule has 3 rings (SSSR count). The summed E-state index contributed by atoms with van der Waals surface area (Å²) in [5, 5.41) is 4.11. The summed E-state index contributed by atoms with van der Waals surface area (Å²) in [6.45, 7) is 1.39. The highest BCUT2D eigenvalue weighted by Gasteiger charge is 2.24. The minimum atomic E-state index is -0.299. The van der Waals surface area contributed by atoms with E-state index in [2.05, 4.69) is 5.32 Å². The Morgan fingerprint density at radius 2 is 1.54 bits per heavy atom. The molecule has 0 aliphatic carbocycles. The third-order valence-electron chi connectivity index (χ3n) is 4.41. The number of methoxy groups -OCH3 is 3. The first-order valence-corrected chi connectivity index (χ1v) is 8.64. The number of anilines is 1. The highest BCUT2D eigenvalue weighted by molar-refractivity contribution is 6.18. The van der Waals surface area contributed by atoms with Gasteiger partial charge in [0.15, 0.2) is 5.78 Å². The van der Waals surface area contributed by atoms with Gasteiger partial charge >= 0.3 is 0 Å². The molecule has 0 atom stereocenters. The molecule has 0 saturated carbocycles. The van der Waals surface area contributed by atoms with Gasteiger partial charge in [-0.05, 0) is 24.3 Å². The fraction of sp³-hybridized carbons (Fsp3) is 0.182. The monoisotopic (exact) mass is 379 g/mol. The van der Waals surface area contributed by atoms with Gasteiger partial charge in [0.25, 0.3) is 0 Å². The molecule has 0 bridgehead atoms. The van der Waals surface area contributed by atoms with Gasteiger partial charge in [0, 0.05) is 17.9 Å². The largest absolute Gasteiger partial charge is 0.496 e. The first kappa shape index (κ1) is 19.2. The number of ether oxygens (including phenoxy) is 3. The molecule has 0 spiro atoms. The fourth-order valence-corrected chi connectivity index (χ4v) is 3.22. The number of carbonyl (C=O) groups is 2. The lowest BCUT2D eigenvalue weighted by Crippen LogP contribution is -2.12. The van der Waals surface area contributed by atoms with Crippen molar-refractivity contribution < 1.29 is 23.8 Å². The minimum absolute atomic E-state index is 0.259. The standard InChI is InChI=1S/C22H21NO5/c1-13(24)23-17-10-6-5-8-14(17)21(25)16-12-19(27-3)15-9-7-11-18(26-2)20(15)22(16)28-4/h5-12H,1-4H3,(H,23,24). The second kappa shape index (κ2) is 8.00. The molecular weight excluding hydrogens is 358 g/mol. The molecule has 3 aromatic carbocycles. The van der Waals surface area contributed by atoms with E-state index >= 15 is 0 Å². The van der Waals surface area contributed by atoms with Crippen LogP contribution in [-0.4, -0.2) is 33.0 Å². The number of hydrogen-bond donors (Lipinski definition) is 1. The lowest BCUT2D eigenvalue weighted by molar-refractivity contribution is -0.114. The van der Waals surface area contributed by atoms with Crippen LogP contribution in [0.15, 0.2) is 48.5 Å². The summed E-state index contributed by atoms with van der Waals surface area (Å²) in [6, 6.07) is 14.0. The Hall–Kier alpha value is -3.54. The van der Waals surface area contributed by atoms with Crippen LogP contribution in [0, 0.1) is 0 Å². The quantitative estimate of drug-likeness (QED) is 0.654. The number of fused-ring (bicyclic) bond motifs is 1. The number of amides is 1. The number of carbonyl (C=O) groups excluding carboxylic acids is 2. The van der Waals surface area contributed by atoms with Crippen molar-refractivity contribution in [3.8, 4) is 17.2 Å². The van der Waals surface area contributed by atoms with Crippen LogP contribution in [0.1, 0.15) is 22.8 Å². The third-order valence-corrected chi connectivity index (χ3v) is 4.41. The number of nitrogens with one attached hydrogen (secondary N) is 1. The molecular formula is C22H21NO5. The number of rotatable bonds is 6. The Balaban J connectivity index is 2.29. The van der Waals surface area contributed by atoms with E-state index in [1.807, 2.05) is 12.1 Å². The molecule has 0 unspecified atom stereocenters. The summed E-state index contributed by atoms with van der Waals surface area (Å²) in [5.74, 6) is 0.917. The highest BCUT2D eigenvalue weighted by atomic mass is 16.5. The third kappa shape index (κ3) is 3.36. The number of ketones is 1. The molecule has 6 heteroatoms. The number of benzene rings is 3. The van der Waals surface area contributed by atoms with Crippen LogP contribution in [0.25, 0.3) is 10.8 Å². The zero-order valence-corrected chi connectivity index (χ0v) is 16.2. The van der Waals surface area contributed by atoms with Gasteiger partial charge in [-0.3, -0.25) is 9.59 Å². The maximum atomic E-state index is 13.4. The molecule has 144 valence electrons. The van der Waals surface area contributed by atoms with Crippen molar-refractivity contribution in [2.45, 2.75) is 6.92 Å². The van der Waals surface area contributed by atoms with Crippen molar-refractivity contribution in [1.82, 2.24) is 0 Å². The Bertz CT molecular complexity index is 1060. The van der Waals surface area contributed by atoms with Gasteiger partial charge in [-0.2, -0.15) is 0 Å². The molecule has 0 aromatic heterocycles. The molecule has 0 fully saturated rings. The van der Waals surface area contributed by atoms with Crippen LogP contribution in [-0.2, 0) is 4.79 Å². The van der Waals surface area contributed by atoms with E-state index in [4.69, 9.17) is 14.2 Å². The van der Waals surface area contributed by atoms with Crippen molar-refractivity contribution >= 4 is 28.2 Å². The Kier molecular flexibility index (Phi) is 5.49. The molecule has 1 amide bonds. The Morgan fingerprint density at radius 3 is 2.18 bits per heavy atom. The first-order chi connectivity index (χ1) is 13.5. The summed E-state index contributed by atoms with van der Waals surface area (Å²) in [4.78, 5) is 24.9. The molecule has 0 saturated heterocycles. The molecule has 0 radical (unpaired) electrons. The first-order valence-electron chi connectivity index (χ1n) is 8.64. The van der Waals surface area contributed by atoms with E-state index < -0.39 is 0 Å². The van der Waals surface area contributed by atoms with Gasteiger partial charge in [0.1, 0.15) is 17.2 Å². The smallest absolute Gasteiger partial charge is 0.221 e. The van der Waals surface area contributed by atoms with E-state index in [1.165, 1.54) is 14.0 Å². The van der Waals surface area contributed by atoms with E-state index in [-0.39, 0.29) is 11.7 Å². The van der Waals surface area contributed by atoms with Gasteiger partial charge in [-0.1, -0.05) is 24.3 Å². The van der Waals surface area contributed by atoms with Gasteiger partial charge in [0.05, 0.1) is 38.0 Å². The maximum absolute atomic E-state index is 13.4. The Morgan fingerprint density at radius 1 is 0.821 bits per heavy atom.